The van der Waals surface area contributed by atoms with Gasteiger partial charge < -0.3 is 18.9 Å². The monoisotopic (exact) mass is 533 g/mol. The van der Waals surface area contributed by atoms with Gasteiger partial charge in [-0.3, -0.25) is 14.5 Å². The Morgan fingerprint density at radius 1 is 0.737 bits per heavy atom. The van der Waals surface area contributed by atoms with E-state index in [2.05, 4.69) is 0 Å². The van der Waals surface area contributed by atoms with Crippen LogP contribution in [-0.2, 0) is 4.79 Å². The summed E-state index contributed by atoms with van der Waals surface area (Å²) in [5.41, 5.74) is 3.04. The molecule has 3 aromatic carbocycles. The van der Waals surface area contributed by atoms with Crippen LogP contribution in [0.25, 0.3) is 6.08 Å². The minimum atomic E-state index is -0.334. The quantitative estimate of drug-likeness (QED) is 0.200. The lowest BCUT2D eigenvalue weighted by Crippen LogP contribution is -2.32. The number of nitrogens with zero attached hydrogens (tertiary/aromatic N) is 1. The van der Waals surface area contributed by atoms with Gasteiger partial charge in [-0.05, 0) is 80.6 Å². The number of amides is 2. The van der Waals surface area contributed by atoms with Crippen LogP contribution in [0.4, 0.5) is 4.79 Å². The molecule has 0 bridgehead atoms. The molecule has 0 aromatic heterocycles. The smallest absolute Gasteiger partial charge is 0.293 e. The van der Waals surface area contributed by atoms with Crippen molar-refractivity contribution in [3.63, 3.8) is 0 Å². The summed E-state index contributed by atoms with van der Waals surface area (Å²) < 4.78 is 23.1. The normalized spacial score (nSPS) is 14.2. The first kappa shape index (κ1) is 27.1. The van der Waals surface area contributed by atoms with E-state index in [1.807, 2.05) is 75.4 Å². The van der Waals surface area contributed by atoms with Gasteiger partial charge in [0.1, 0.15) is 31.3 Å². The molecule has 1 fully saturated rings. The zero-order valence-electron chi connectivity index (χ0n) is 21.8. The number of carbonyl (C=O) groups excluding carboxylic acids is 2. The maximum Gasteiger partial charge on any atom is 0.293 e. The fourth-order valence-corrected chi connectivity index (χ4v) is 4.55. The number of hydrogen-bond donors (Lipinski definition) is 0. The van der Waals surface area contributed by atoms with Gasteiger partial charge in [0.15, 0.2) is 11.5 Å². The van der Waals surface area contributed by atoms with Gasteiger partial charge >= 0.3 is 0 Å². The molecule has 3 aromatic rings. The summed E-state index contributed by atoms with van der Waals surface area (Å²) in [5, 5.41) is -0.313. The molecule has 0 spiro atoms. The van der Waals surface area contributed by atoms with Crippen LogP contribution in [0.1, 0.15) is 23.6 Å². The Kier molecular flexibility index (Phi) is 9.32. The van der Waals surface area contributed by atoms with Crippen LogP contribution >= 0.6 is 11.8 Å². The first-order valence-corrected chi connectivity index (χ1v) is 13.3. The number of carbonyl (C=O) groups is 2. The van der Waals surface area contributed by atoms with E-state index in [1.165, 1.54) is 10.5 Å². The van der Waals surface area contributed by atoms with Crippen molar-refractivity contribution in [2.75, 3.05) is 33.0 Å². The third-order valence-electron chi connectivity index (χ3n) is 5.67. The Morgan fingerprint density at radius 2 is 1.34 bits per heavy atom. The van der Waals surface area contributed by atoms with Crippen LogP contribution in [0.3, 0.4) is 0 Å². The highest BCUT2D eigenvalue weighted by Gasteiger charge is 2.34. The molecule has 2 amide bonds. The number of imide groups is 1. The Labute approximate surface area is 227 Å². The van der Waals surface area contributed by atoms with E-state index < -0.39 is 0 Å². The van der Waals surface area contributed by atoms with Crippen molar-refractivity contribution in [2.45, 2.75) is 20.8 Å². The Morgan fingerprint density at radius 3 is 1.97 bits per heavy atom. The molecule has 1 saturated heterocycles. The lowest BCUT2D eigenvalue weighted by molar-refractivity contribution is -0.123. The molecule has 8 heteroatoms. The lowest BCUT2D eigenvalue weighted by Gasteiger charge is -2.14. The lowest BCUT2D eigenvalue weighted by atomic mass is 10.2. The van der Waals surface area contributed by atoms with Crippen LogP contribution in [-0.4, -0.2) is 49.0 Å². The fourth-order valence-electron chi connectivity index (χ4n) is 3.68. The number of ether oxygens (including phenoxy) is 4. The molecule has 7 nitrogen and oxygen atoms in total. The van der Waals surface area contributed by atoms with E-state index in [4.69, 9.17) is 18.9 Å². The molecular weight excluding hydrogens is 502 g/mol. The first-order valence-electron chi connectivity index (χ1n) is 12.5. The van der Waals surface area contributed by atoms with E-state index >= 15 is 0 Å². The number of rotatable bonds is 12. The van der Waals surface area contributed by atoms with E-state index in [-0.39, 0.29) is 24.3 Å². The third kappa shape index (κ3) is 7.32. The molecule has 0 atom stereocenters. The van der Waals surface area contributed by atoms with E-state index in [0.717, 1.165) is 28.6 Å². The van der Waals surface area contributed by atoms with Crippen molar-refractivity contribution < 1.29 is 28.5 Å². The van der Waals surface area contributed by atoms with Gasteiger partial charge in [0, 0.05) is 0 Å². The van der Waals surface area contributed by atoms with Gasteiger partial charge in [-0.2, -0.15) is 0 Å². The van der Waals surface area contributed by atoms with E-state index in [0.29, 0.717) is 42.0 Å². The highest BCUT2D eigenvalue weighted by molar-refractivity contribution is 8.18. The summed E-state index contributed by atoms with van der Waals surface area (Å²) in [6.07, 6.45) is 1.69. The number of hydrogen-bond acceptors (Lipinski definition) is 7. The predicted molar refractivity (Wildman–Crippen MR) is 149 cm³/mol. The number of thioether (sulfide) groups is 1. The molecular formula is C30H31NO6S. The summed E-state index contributed by atoms with van der Waals surface area (Å²) in [6.45, 7) is 7.50. The van der Waals surface area contributed by atoms with Crippen LogP contribution in [0.15, 0.2) is 71.6 Å². The van der Waals surface area contributed by atoms with Crippen molar-refractivity contribution in [2.24, 2.45) is 0 Å². The molecule has 198 valence electrons. The largest absolute Gasteiger partial charge is 0.492 e. The molecule has 1 aliphatic rings. The summed E-state index contributed by atoms with van der Waals surface area (Å²) in [7, 11) is 0. The highest BCUT2D eigenvalue weighted by Crippen LogP contribution is 2.34. The second-order valence-corrected chi connectivity index (χ2v) is 9.64. The molecule has 0 unspecified atom stereocenters. The standard InChI is InChI=1S/C30H31NO6S/c1-4-34-27-19-23(9-14-26(27)37-18-17-36-25-12-7-22(3)8-13-25)20-28-29(32)31(30(33)38-28)15-16-35-24-10-5-21(2)6-11-24/h5-14,19-20H,4,15-18H2,1-3H3/b28-20-. The summed E-state index contributed by atoms with van der Waals surface area (Å²) >= 11 is 0.918. The molecule has 38 heavy (non-hydrogen) atoms. The molecule has 0 N–H and O–H groups in total. The van der Waals surface area contributed by atoms with Gasteiger partial charge in [0.2, 0.25) is 0 Å². The zero-order valence-corrected chi connectivity index (χ0v) is 22.6. The highest BCUT2D eigenvalue weighted by atomic mass is 32.2. The SMILES string of the molecule is CCOc1cc(/C=C2\SC(=O)N(CCOc3ccc(C)cc3)C2=O)ccc1OCCOc1ccc(C)cc1. The number of benzene rings is 3. The van der Waals surface area contributed by atoms with Crippen LogP contribution in [0.2, 0.25) is 0 Å². The maximum atomic E-state index is 12.9. The van der Waals surface area contributed by atoms with Gasteiger partial charge in [-0.1, -0.05) is 41.5 Å². The summed E-state index contributed by atoms with van der Waals surface area (Å²) in [4.78, 5) is 26.9. The van der Waals surface area contributed by atoms with Crippen molar-refractivity contribution >= 4 is 29.0 Å². The van der Waals surface area contributed by atoms with Gasteiger partial charge in [-0.25, -0.2) is 0 Å². The predicted octanol–water partition coefficient (Wildman–Crippen LogP) is 6.28. The summed E-state index contributed by atoms with van der Waals surface area (Å²) in [6, 6.07) is 20.9. The van der Waals surface area contributed by atoms with Gasteiger partial charge in [0.25, 0.3) is 11.1 Å². The van der Waals surface area contributed by atoms with Crippen LogP contribution in [0.5, 0.6) is 23.0 Å². The summed E-state index contributed by atoms with van der Waals surface area (Å²) in [5.74, 6) is 2.29. The molecule has 4 rings (SSSR count). The Bertz CT molecular complexity index is 1290. The third-order valence-corrected chi connectivity index (χ3v) is 6.58. The van der Waals surface area contributed by atoms with E-state index in [9.17, 15) is 9.59 Å². The van der Waals surface area contributed by atoms with Crippen molar-refractivity contribution in [1.29, 1.82) is 0 Å². The van der Waals surface area contributed by atoms with Gasteiger partial charge in [-0.15, -0.1) is 0 Å². The molecule has 1 heterocycles. The zero-order chi connectivity index (χ0) is 26.9. The average molecular weight is 534 g/mol. The van der Waals surface area contributed by atoms with Gasteiger partial charge in [0.05, 0.1) is 18.1 Å². The second-order valence-electron chi connectivity index (χ2n) is 8.64. The topological polar surface area (TPSA) is 74.3 Å². The van der Waals surface area contributed by atoms with Crippen molar-refractivity contribution in [1.82, 2.24) is 4.90 Å². The van der Waals surface area contributed by atoms with Crippen LogP contribution < -0.4 is 18.9 Å². The molecule has 0 aliphatic carbocycles. The molecule has 1 aliphatic heterocycles. The van der Waals surface area contributed by atoms with Crippen LogP contribution in [0, 0.1) is 13.8 Å². The molecule has 0 saturated carbocycles. The Balaban J connectivity index is 1.34. The van der Waals surface area contributed by atoms with Crippen molar-refractivity contribution in [3.8, 4) is 23.0 Å². The maximum absolute atomic E-state index is 12.9. The minimum absolute atomic E-state index is 0.178. The minimum Gasteiger partial charge on any atom is -0.492 e. The first-order chi connectivity index (χ1) is 18.4. The molecule has 0 radical (unpaired) electrons. The average Bonchev–Trinajstić information content (AvgIpc) is 3.17. The Hall–Kier alpha value is -3.91. The number of aryl methyl sites for hydroxylation is 2. The van der Waals surface area contributed by atoms with Crippen molar-refractivity contribution in [3.05, 3.63) is 88.3 Å². The van der Waals surface area contributed by atoms with E-state index in [1.54, 1.807) is 18.2 Å². The second kappa shape index (κ2) is 13.1. The fraction of sp³-hybridized carbons (Fsp3) is 0.267.